The van der Waals surface area contributed by atoms with Gasteiger partial charge in [-0.2, -0.15) is 4.98 Å². The molecule has 1 amide bonds. The first-order valence-electron chi connectivity index (χ1n) is 6.75. The summed E-state index contributed by atoms with van der Waals surface area (Å²) in [7, 11) is 0. The van der Waals surface area contributed by atoms with Crippen LogP contribution in [0.15, 0.2) is 12.3 Å². The molecule has 0 spiro atoms. The van der Waals surface area contributed by atoms with Gasteiger partial charge in [0, 0.05) is 11.9 Å². The van der Waals surface area contributed by atoms with Gasteiger partial charge in [0.2, 0.25) is 5.82 Å². The van der Waals surface area contributed by atoms with E-state index < -0.39 is 17.9 Å². The number of nitrogens with zero attached hydrogens (tertiary/aromatic N) is 4. The molecule has 1 atom stereocenters. The van der Waals surface area contributed by atoms with Crippen LogP contribution in [0.25, 0.3) is 5.78 Å². The fraction of sp³-hybridized carbons (Fsp3) is 0.462. The van der Waals surface area contributed by atoms with Crippen molar-refractivity contribution in [2.75, 3.05) is 0 Å². The van der Waals surface area contributed by atoms with E-state index in [1.54, 1.807) is 12.3 Å². The summed E-state index contributed by atoms with van der Waals surface area (Å²) in [4.78, 5) is 31.2. The quantitative estimate of drug-likeness (QED) is 0.815. The van der Waals surface area contributed by atoms with Gasteiger partial charge in [0.25, 0.3) is 11.7 Å². The fourth-order valence-electron chi connectivity index (χ4n) is 1.89. The fourth-order valence-corrected chi connectivity index (χ4v) is 1.89. The standard InChI is InChI=1S/C13H17N5O3/c1-3-4-5-9(12(20)21)15-11(19)10-16-13-14-7-6-8(2)18(13)17-10/h6-7,9H,3-5H2,1-2H3,(H,15,19)(H,20,21)/t9-/m0/s1. The van der Waals surface area contributed by atoms with Crippen molar-refractivity contribution in [2.24, 2.45) is 0 Å². The Balaban J connectivity index is 2.17. The van der Waals surface area contributed by atoms with E-state index in [2.05, 4.69) is 20.4 Å². The third-order valence-corrected chi connectivity index (χ3v) is 3.08. The van der Waals surface area contributed by atoms with E-state index in [0.29, 0.717) is 12.2 Å². The highest BCUT2D eigenvalue weighted by molar-refractivity contribution is 5.93. The number of fused-ring (bicyclic) bond motifs is 1. The third kappa shape index (κ3) is 3.33. The Kier molecular flexibility index (Phi) is 4.46. The monoisotopic (exact) mass is 291 g/mol. The van der Waals surface area contributed by atoms with E-state index in [1.165, 1.54) is 4.52 Å². The molecule has 2 N–H and O–H groups in total. The molecule has 2 rings (SSSR count). The molecule has 0 radical (unpaired) electrons. The molecule has 2 aromatic heterocycles. The van der Waals surface area contributed by atoms with Crippen LogP contribution in [0.4, 0.5) is 0 Å². The first kappa shape index (κ1) is 14.9. The summed E-state index contributed by atoms with van der Waals surface area (Å²) in [5.74, 6) is -1.45. The predicted octanol–water partition coefficient (Wildman–Crippen LogP) is 0.806. The molecule has 0 unspecified atom stereocenters. The highest BCUT2D eigenvalue weighted by Crippen LogP contribution is 2.04. The Morgan fingerprint density at radius 1 is 1.48 bits per heavy atom. The number of unbranched alkanes of at least 4 members (excludes halogenated alkanes) is 1. The van der Waals surface area contributed by atoms with Crippen LogP contribution < -0.4 is 5.32 Å². The molecule has 8 heteroatoms. The zero-order valence-corrected chi connectivity index (χ0v) is 11.9. The summed E-state index contributed by atoms with van der Waals surface area (Å²) < 4.78 is 1.44. The lowest BCUT2D eigenvalue weighted by atomic mass is 10.1. The number of carboxylic acid groups (broad SMARTS) is 1. The molecular formula is C13H17N5O3. The Hall–Kier alpha value is -2.51. The highest BCUT2D eigenvalue weighted by atomic mass is 16.4. The van der Waals surface area contributed by atoms with Gasteiger partial charge in [0.15, 0.2) is 0 Å². The van der Waals surface area contributed by atoms with Crippen LogP contribution in [-0.4, -0.2) is 42.6 Å². The van der Waals surface area contributed by atoms with Gasteiger partial charge in [-0.1, -0.05) is 19.8 Å². The number of carboxylic acids is 1. The lowest BCUT2D eigenvalue weighted by Gasteiger charge is -2.12. The lowest BCUT2D eigenvalue weighted by Crippen LogP contribution is -2.41. The minimum absolute atomic E-state index is 0.0838. The van der Waals surface area contributed by atoms with Gasteiger partial charge < -0.3 is 10.4 Å². The van der Waals surface area contributed by atoms with Crippen LogP contribution >= 0.6 is 0 Å². The molecular weight excluding hydrogens is 274 g/mol. The maximum absolute atomic E-state index is 12.1. The van der Waals surface area contributed by atoms with Crippen LogP contribution in [0.2, 0.25) is 0 Å². The SMILES string of the molecule is CCCC[C@H](NC(=O)c1nc2nccc(C)n2n1)C(=O)O. The number of aromatic nitrogens is 4. The molecule has 0 aliphatic heterocycles. The van der Waals surface area contributed by atoms with E-state index in [0.717, 1.165) is 18.5 Å². The molecule has 0 bridgehead atoms. The van der Waals surface area contributed by atoms with Crippen LogP contribution in [0.3, 0.4) is 0 Å². The molecule has 2 heterocycles. The number of aliphatic carboxylic acids is 1. The average Bonchev–Trinajstić information content (AvgIpc) is 2.88. The second-order valence-corrected chi connectivity index (χ2v) is 4.74. The van der Waals surface area contributed by atoms with E-state index in [9.17, 15) is 9.59 Å². The zero-order valence-electron chi connectivity index (χ0n) is 11.9. The Morgan fingerprint density at radius 3 is 2.86 bits per heavy atom. The maximum atomic E-state index is 12.1. The van der Waals surface area contributed by atoms with Crippen molar-refractivity contribution >= 4 is 17.7 Å². The van der Waals surface area contributed by atoms with E-state index >= 15 is 0 Å². The lowest BCUT2D eigenvalue weighted by molar-refractivity contribution is -0.139. The Bertz CT molecular complexity index is 667. The summed E-state index contributed by atoms with van der Waals surface area (Å²) in [6, 6.07) is 0.808. The van der Waals surface area contributed by atoms with E-state index in [-0.39, 0.29) is 5.82 Å². The van der Waals surface area contributed by atoms with Gasteiger partial charge in [-0.25, -0.2) is 14.3 Å². The summed E-state index contributed by atoms with van der Waals surface area (Å²) in [5, 5.41) is 15.6. The molecule has 0 aromatic carbocycles. The summed E-state index contributed by atoms with van der Waals surface area (Å²) >= 11 is 0. The van der Waals surface area contributed by atoms with Gasteiger partial charge in [-0.3, -0.25) is 4.79 Å². The second-order valence-electron chi connectivity index (χ2n) is 4.74. The molecule has 8 nitrogen and oxygen atoms in total. The van der Waals surface area contributed by atoms with Gasteiger partial charge in [0.1, 0.15) is 6.04 Å². The first-order valence-corrected chi connectivity index (χ1v) is 6.75. The number of carbonyl (C=O) groups is 2. The van der Waals surface area contributed by atoms with Crippen molar-refractivity contribution in [2.45, 2.75) is 39.2 Å². The van der Waals surface area contributed by atoms with Gasteiger partial charge in [-0.15, -0.1) is 5.10 Å². The number of rotatable bonds is 6. The topological polar surface area (TPSA) is 109 Å². The van der Waals surface area contributed by atoms with Gasteiger partial charge >= 0.3 is 5.97 Å². The normalized spacial score (nSPS) is 12.3. The summed E-state index contributed by atoms with van der Waals surface area (Å²) in [6.07, 6.45) is 3.52. The second kappa shape index (κ2) is 6.29. The zero-order chi connectivity index (χ0) is 15.4. The molecule has 0 fully saturated rings. The Labute approximate surface area is 121 Å². The molecule has 0 saturated carbocycles. The maximum Gasteiger partial charge on any atom is 0.326 e. The van der Waals surface area contributed by atoms with Crippen molar-refractivity contribution < 1.29 is 14.7 Å². The minimum Gasteiger partial charge on any atom is -0.480 e. The molecule has 0 aliphatic carbocycles. The van der Waals surface area contributed by atoms with Crippen molar-refractivity contribution in [3.05, 3.63) is 23.8 Å². The molecule has 112 valence electrons. The molecule has 21 heavy (non-hydrogen) atoms. The van der Waals surface area contributed by atoms with Gasteiger partial charge in [0.05, 0.1) is 0 Å². The van der Waals surface area contributed by atoms with Gasteiger partial charge in [-0.05, 0) is 19.4 Å². The number of nitrogens with one attached hydrogen (secondary N) is 1. The number of carbonyl (C=O) groups excluding carboxylic acids is 1. The predicted molar refractivity (Wildman–Crippen MR) is 73.9 cm³/mol. The highest BCUT2D eigenvalue weighted by Gasteiger charge is 2.22. The number of hydrogen-bond acceptors (Lipinski definition) is 5. The van der Waals surface area contributed by atoms with Crippen molar-refractivity contribution in [3.63, 3.8) is 0 Å². The third-order valence-electron chi connectivity index (χ3n) is 3.08. The largest absolute Gasteiger partial charge is 0.480 e. The van der Waals surface area contributed by atoms with E-state index in [4.69, 9.17) is 5.11 Å². The average molecular weight is 291 g/mol. The summed E-state index contributed by atoms with van der Waals surface area (Å²) in [6.45, 7) is 3.77. The van der Waals surface area contributed by atoms with Crippen molar-refractivity contribution in [1.82, 2.24) is 24.9 Å². The number of hydrogen-bond donors (Lipinski definition) is 2. The van der Waals surface area contributed by atoms with Crippen LogP contribution in [0, 0.1) is 6.92 Å². The smallest absolute Gasteiger partial charge is 0.326 e. The van der Waals surface area contributed by atoms with Crippen molar-refractivity contribution in [1.29, 1.82) is 0 Å². The van der Waals surface area contributed by atoms with Crippen LogP contribution in [-0.2, 0) is 4.79 Å². The van der Waals surface area contributed by atoms with Crippen LogP contribution in [0.1, 0.15) is 42.5 Å². The van der Waals surface area contributed by atoms with E-state index in [1.807, 2.05) is 13.8 Å². The molecule has 2 aromatic rings. The first-order chi connectivity index (χ1) is 10.0. The molecule has 0 aliphatic rings. The Morgan fingerprint density at radius 2 is 2.24 bits per heavy atom. The van der Waals surface area contributed by atoms with Crippen LogP contribution in [0.5, 0.6) is 0 Å². The number of amides is 1. The van der Waals surface area contributed by atoms with Crippen molar-refractivity contribution in [3.8, 4) is 0 Å². The number of aryl methyl sites for hydroxylation is 1. The molecule has 0 saturated heterocycles. The minimum atomic E-state index is -1.06. The summed E-state index contributed by atoms with van der Waals surface area (Å²) in [5.41, 5.74) is 0.785.